The van der Waals surface area contributed by atoms with E-state index in [0.717, 1.165) is 11.6 Å². The Balaban J connectivity index is 2.02. The van der Waals surface area contributed by atoms with Crippen molar-refractivity contribution < 1.29 is 23.6 Å². The molecule has 0 aliphatic heterocycles. The summed E-state index contributed by atoms with van der Waals surface area (Å²) in [5, 5.41) is 0. The molecule has 0 bridgehead atoms. The van der Waals surface area contributed by atoms with Gasteiger partial charge in [0, 0.05) is 16.7 Å². The summed E-state index contributed by atoms with van der Waals surface area (Å²) in [4.78, 5) is 33.8. The normalized spacial score (nSPS) is 10.7. The average Bonchev–Trinajstić information content (AvgIpc) is 2.61. The topological polar surface area (TPSA) is 60.4 Å². The van der Waals surface area contributed by atoms with Crippen LogP contribution in [0.25, 0.3) is 0 Å². The molecule has 0 atom stereocenters. The first-order valence-electron chi connectivity index (χ1n) is 8.30. The molecule has 2 aromatic carbocycles. The SMILES string of the molecule is C[N+](C)(CCOC(=O)C=C=O)Cc1cccc(C(=O)c2ccccc2)c1. The van der Waals surface area contributed by atoms with E-state index in [1.165, 1.54) is 5.94 Å². The number of carbonyl (C=O) groups is 2. The van der Waals surface area contributed by atoms with E-state index in [9.17, 15) is 14.4 Å². The number of rotatable bonds is 8. The van der Waals surface area contributed by atoms with Gasteiger partial charge in [0.15, 0.2) is 5.78 Å². The zero-order valence-electron chi connectivity index (χ0n) is 15.0. The average molecular weight is 352 g/mol. The molecule has 0 saturated carbocycles. The number of esters is 1. The van der Waals surface area contributed by atoms with Crippen LogP contribution < -0.4 is 0 Å². The van der Waals surface area contributed by atoms with Crippen LogP contribution in [-0.4, -0.2) is 49.4 Å². The second-order valence-electron chi connectivity index (χ2n) is 6.64. The maximum absolute atomic E-state index is 12.6. The van der Waals surface area contributed by atoms with Gasteiger partial charge in [-0.1, -0.05) is 48.5 Å². The van der Waals surface area contributed by atoms with Gasteiger partial charge in [0.1, 0.15) is 31.7 Å². The number of ether oxygens (including phenoxy) is 1. The molecule has 5 heteroatoms. The molecule has 0 N–H and O–H groups in total. The van der Waals surface area contributed by atoms with Gasteiger partial charge in [0.25, 0.3) is 0 Å². The van der Waals surface area contributed by atoms with Crippen LogP contribution in [-0.2, 0) is 20.9 Å². The van der Waals surface area contributed by atoms with Gasteiger partial charge in [0.05, 0.1) is 14.1 Å². The number of nitrogens with zero attached hydrogens (tertiary/aromatic N) is 1. The fourth-order valence-corrected chi connectivity index (χ4v) is 2.62. The molecule has 134 valence electrons. The molecule has 2 aromatic rings. The monoisotopic (exact) mass is 352 g/mol. The van der Waals surface area contributed by atoms with Crippen LogP contribution in [0.4, 0.5) is 0 Å². The fraction of sp³-hybridized carbons (Fsp3) is 0.238. The summed E-state index contributed by atoms with van der Waals surface area (Å²) in [5.74, 6) is 0.707. The Morgan fingerprint density at radius 2 is 1.73 bits per heavy atom. The number of likely N-dealkylation sites (N-methyl/N-ethyl adjacent to an activating group) is 1. The van der Waals surface area contributed by atoms with Crippen molar-refractivity contribution in [2.45, 2.75) is 6.54 Å². The van der Waals surface area contributed by atoms with Gasteiger partial charge in [0.2, 0.25) is 0 Å². The summed E-state index contributed by atoms with van der Waals surface area (Å²) >= 11 is 0. The Hall–Kier alpha value is -3.01. The molecule has 0 saturated heterocycles. The number of quaternary nitrogens is 1. The summed E-state index contributed by atoms with van der Waals surface area (Å²) < 4.78 is 5.52. The molecule has 0 radical (unpaired) electrons. The highest BCUT2D eigenvalue weighted by molar-refractivity contribution is 6.09. The second-order valence-corrected chi connectivity index (χ2v) is 6.64. The lowest BCUT2D eigenvalue weighted by Gasteiger charge is -2.29. The molecule has 0 unspecified atom stereocenters. The van der Waals surface area contributed by atoms with E-state index in [-0.39, 0.29) is 12.4 Å². The standard InChI is InChI=1S/C21H22NO4/c1-22(2,12-14-26-20(24)11-13-23)16-17-7-6-10-19(15-17)21(25)18-8-4-3-5-9-18/h3-11,15H,12,14,16H2,1-2H3/q+1. The maximum atomic E-state index is 12.6. The first kappa shape index (κ1) is 19.3. The molecule has 0 aliphatic carbocycles. The molecule has 0 heterocycles. The lowest BCUT2D eigenvalue weighted by Crippen LogP contribution is -2.41. The summed E-state index contributed by atoms with van der Waals surface area (Å²) in [7, 11) is 4.02. The number of carbonyl (C=O) groups excluding carboxylic acids is 3. The number of ketones is 1. The van der Waals surface area contributed by atoms with Crippen molar-refractivity contribution in [3.8, 4) is 0 Å². The van der Waals surface area contributed by atoms with Crippen LogP contribution in [0.1, 0.15) is 21.5 Å². The lowest BCUT2D eigenvalue weighted by molar-refractivity contribution is -0.903. The molecule has 0 aromatic heterocycles. The highest BCUT2D eigenvalue weighted by Gasteiger charge is 2.18. The lowest BCUT2D eigenvalue weighted by atomic mass is 10.0. The van der Waals surface area contributed by atoms with Crippen molar-refractivity contribution in [1.29, 1.82) is 0 Å². The first-order valence-corrected chi connectivity index (χ1v) is 8.30. The Kier molecular flexibility index (Phi) is 6.61. The van der Waals surface area contributed by atoms with Crippen molar-refractivity contribution in [1.82, 2.24) is 0 Å². The molecule has 0 amide bonds. The Labute approximate surface area is 153 Å². The van der Waals surface area contributed by atoms with Crippen LogP contribution in [0.5, 0.6) is 0 Å². The van der Waals surface area contributed by atoms with Crippen LogP contribution in [0, 0.1) is 0 Å². The second kappa shape index (κ2) is 8.90. The molecular weight excluding hydrogens is 330 g/mol. The van der Waals surface area contributed by atoms with Crippen LogP contribution in [0.3, 0.4) is 0 Å². The van der Waals surface area contributed by atoms with Gasteiger partial charge in [-0.3, -0.25) is 4.79 Å². The number of benzene rings is 2. The molecular formula is C21H22NO4+. The van der Waals surface area contributed by atoms with E-state index in [0.29, 0.717) is 28.7 Å². The third-order valence-electron chi connectivity index (χ3n) is 3.95. The third kappa shape index (κ3) is 5.81. The van der Waals surface area contributed by atoms with E-state index in [4.69, 9.17) is 4.74 Å². The van der Waals surface area contributed by atoms with E-state index in [1.807, 2.05) is 56.6 Å². The maximum Gasteiger partial charge on any atom is 0.342 e. The van der Waals surface area contributed by atoms with Crippen molar-refractivity contribution >= 4 is 17.7 Å². The van der Waals surface area contributed by atoms with Crippen molar-refractivity contribution in [3.63, 3.8) is 0 Å². The van der Waals surface area contributed by atoms with E-state index in [2.05, 4.69) is 0 Å². The predicted molar refractivity (Wildman–Crippen MR) is 98.2 cm³/mol. The highest BCUT2D eigenvalue weighted by Crippen LogP contribution is 2.15. The van der Waals surface area contributed by atoms with Gasteiger partial charge in [-0.25, -0.2) is 9.59 Å². The highest BCUT2D eigenvalue weighted by atomic mass is 16.5. The van der Waals surface area contributed by atoms with Crippen LogP contribution in [0.2, 0.25) is 0 Å². The summed E-state index contributed by atoms with van der Waals surface area (Å²) in [6.45, 7) is 1.46. The van der Waals surface area contributed by atoms with Crippen molar-refractivity contribution in [2.75, 3.05) is 27.2 Å². The van der Waals surface area contributed by atoms with Crippen LogP contribution in [0.15, 0.2) is 60.7 Å². The van der Waals surface area contributed by atoms with Gasteiger partial charge in [-0.05, 0) is 6.07 Å². The smallest absolute Gasteiger partial charge is 0.342 e. The Bertz CT molecular complexity index is 821. The van der Waals surface area contributed by atoms with Crippen molar-refractivity contribution in [3.05, 3.63) is 77.4 Å². The van der Waals surface area contributed by atoms with E-state index < -0.39 is 5.97 Å². The predicted octanol–water partition coefficient (Wildman–Crippen LogP) is 2.42. The fourth-order valence-electron chi connectivity index (χ4n) is 2.62. The number of hydrogen-bond acceptors (Lipinski definition) is 4. The van der Waals surface area contributed by atoms with Gasteiger partial charge < -0.3 is 9.22 Å². The zero-order valence-corrected chi connectivity index (χ0v) is 15.0. The third-order valence-corrected chi connectivity index (χ3v) is 3.95. The molecule has 5 nitrogen and oxygen atoms in total. The van der Waals surface area contributed by atoms with Gasteiger partial charge in [-0.15, -0.1) is 0 Å². The van der Waals surface area contributed by atoms with Crippen LogP contribution >= 0.6 is 0 Å². The minimum Gasteiger partial charge on any atom is -0.456 e. The Morgan fingerprint density at radius 1 is 1.04 bits per heavy atom. The van der Waals surface area contributed by atoms with E-state index >= 15 is 0 Å². The van der Waals surface area contributed by atoms with Gasteiger partial charge >= 0.3 is 5.97 Å². The molecule has 2 rings (SSSR count). The van der Waals surface area contributed by atoms with Crippen molar-refractivity contribution in [2.24, 2.45) is 0 Å². The summed E-state index contributed by atoms with van der Waals surface area (Å²) in [6, 6.07) is 16.7. The molecule has 0 aliphatic rings. The minimum atomic E-state index is -0.685. The molecule has 0 fully saturated rings. The van der Waals surface area contributed by atoms with Gasteiger partial charge in [-0.2, -0.15) is 0 Å². The quantitative estimate of drug-likeness (QED) is 0.241. The summed E-state index contributed by atoms with van der Waals surface area (Å²) in [6.07, 6.45) is 0.735. The summed E-state index contributed by atoms with van der Waals surface area (Å²) in [5.41, 5.74) is 2.33. The number of hydrogen-bond donors (Lipinski definition) is 0. The molecule has 0 spiro atoms. The molecule has 26 heavy (non-hydrogen) atoms. The zero-order chi connectivity index (χ0) is 19.0. The minimum absolute atomic E-state index is 0.00710. The Morgan fingerprint density at radius 3 is 2.42 bits per heavy atom. The first-order chi connectivity index (χ1) is 12.4. The largest absolute Gasteiger partial charge is 0.456 e. The van der Waals surface area contributed by atoms with E-state index in [1.54, 1.807) is 12.1 Å².